The highest BCUT2D eigenvalue weighted by Gasteiger charge is 2.04. The van der Waals surface area contributed by atoms with Crippen LogP contribution < -0.4 is 0 Å². The van der Waals surface area contributed by atoms with Crippen molar-refractivity contribution in [1.82, 2.24) is 10.2 Å². The molecule has 0 bridgehead atoms. The molecule has 0 aliphatic carbocycles. The molecule has 0 amide bonds. The Labute approximate surface area is 95.1 Å². The van der Waals surface area contributed by atoms with Crippen LogP contribution in [0, 0.1) is 0 Å². The van der Waals surface area contributed by atoms with E-state index in [0.29, 0.717) is 0 Å². The quantitative estimate of drug-likeness (QED) is 0.824. The van der Waals surface area contributed by atoms with Crippen LogP contribution in [0.4, 0.5) is 0 Å². The zero-order valence-electron chi connectivity index (χ0n) is 9.35. The molecule has 0 unspecified atom stereocenters. The number of nitrogens with one attached hydrogen (secondary N) is 1. The van der Waals surface area contributed by atoms with Crippen molar-refractivity contribution in [3.8, 4) is 11.3 Å². The van der Waals surface area contributed by atoms with Crippen LogP contribution in [0.25, 0.3) is 11.3 Å². The van der Waals surface area contributed by atoms with Gasteiger partial charge in [-0.15, -0.1) is 0 Å². The van der Waals surface area contributed by atoms with E-state index < -0.39 is 0 Å². The summed E-state index contributed by atoms with van der Waals surface area (Å²) in [5.74, 6) is 0. The van der Waals surface area contributed by atoms with E-state index in [-0.39, 0.29) is 6.10 Å². The van der Waals surface area contributed by atoms with Gasteiger partial charge in [0.1, 0.15) is 0 Å². The predicted octanol–water partition coefficient (Wildman–Crippen LogP) is 2.39. The van der Waals surface area contributed by atoms with Gasteiger partial charge in [-0.2, -0.15) is 5.10 Å². The van der Waals surface area contributed by atoms with Crippen LogP contribution in [0.1, 0.15) is 19.0 Å². The van der Waals surface area contributed by atoms with Crippen molar-refractivity contribution < 1.29 is 5.11 Å². The molecule has 84 valence electrons. The van der Waals surface area contributed by atoms with E-state index in [1.165, 1.54) is 0 Å². The average Bonchev–Trinajstić information content (AvgIpc) is 2.76. The van der Waals surface area contributed by atoms with Crippen molar-refractivity contribution in [3.05, 3.63) is 42.1 Å². The Morgan fingerprint density at radius 3 is 2.75 bits per heavy atom. The van der Waals surface area contributed by atoms with Crippen LogP contribution >= 0.6 is 0 Å². The first-order chi connectivity index (χ1) is 7.75. The maximum Gasteiger partial charge on any atom is 0.0923 e. The third kappa shape index (κ3) is 2.70. The lowest BCUT2D eigenvalue weighted by molar-refractivity contribution is 0.184. The Kier molecular flexibility index (Phi) is 3.37. The Bertz CT molecular complexity index is 434. The first kappa shape index (κ1) is 10.9. The summed E-state index contributed by atoms with van der Waals surface area (Å²) >= 11 is 0. The van der Waals surface area contributed by atoms with E-state index in [2.05, 4.69) is 10.2 Å². The number of benzene rings is 1. The summed E-state index contributed by atoms with van der Waals surface area (Å²) < 4.78 is 0. The first-order valence-electron chi connectivity index (χ1n) is 5.53. The number of hydrogen-bond donors (Lipinski definition) is 2. The molecule has 0 radical (unpaired) electrons. The standard InChI is InChI=1S/C13H16N2O/c1-10(16)7-8-12-9-13(15-14-12)11-5-3-2-4-6-11/h2-6,9-10,16H,7-8H2,1H3,(H,14,15)/t10-/m0/s1. The molecule has 0 aliphatic heterocycles. The first-order valence-corrected chi connectivity index (χ1v) is 5.53. The van der Waals surface area contributed by atoms with Crippen LogP contribution in [0.2, 0.25) is 0 Å². The number of aliphatic hydroxyl groups is 1. The van der Waals surface area contributed by atoms with Gasteiger partial charge in [0.05, 0.1) is 11.8 Å². The average molecular weight is 216 g/mol. The zero-order chi connectivity index (χ0) is 11.4. The van der Waals surface area contributed by atoms with Gasteiger partial charge in [-0.1, -0.05) is 30.3 Å². The van der Waals surface area contributed by atoms with Crippen molar-refractivity contribution in [2.24, 2.45) is 0 Å². The molecular weight excluding hydrogens is 200 g/mol. The fraction of sp³-hybridized carbons (Fsp3) is 0.308. The van der Waals surface area contributed by atoms with Gasteiger partial charge in [0, 0.05) is 11.3 Å². The fourth-order valence-electron chi connectivity index (χ4n) is 1.61. The van der Waals surface area contributed by atoms with Crippen molar-refractivity contribution in [2.75, 3.05) is 0 Å². The molecule has 1 aromatic carbocycles. The summed E-state index contributed by atoms with van der Waals surface area (Å²) in [6, 6.07) is 12.1. The smallest absolute Gasteiger partial charge is 0.0923 e. The summed E-state index contributed by atoms with van der Waals surface area (Å²) in [5, 5.41) is 16.5. The van der Waals surface area contributed by atoms with Gasteiger partial charge in [-0.05, 0) is 25.8 Å². The third-order valence-corrected chi connectivity index (χ3v) is 2.53. The molecule has 1 heterocycles. The minimum atomic E-state index is -0.261. The highest BCUT2D eigenvalue weighted by Crippen LogP contribution is 2.17. The molecule has 0 saturated carbocycles. The maximum atomic E-state index is 9.20. The van der Waals surface area contributed by atoms with Crippen molar-refractivity contribution >= 4 is 0 Å². The molecule has 2 aromatic rings. The molecule has 0 fully saturated rings. The van der Waals surface area contributed by atoms with Crippen LogP contribution in [-0.2, 0) is 6.42 Å². The topological polar surface area (TPSA) is 48.9 Å². The van der Waals surface area contributed by atoms with E-state index >= 15 is 0 Å². The molecule has 3 nitrogen and oxygen atoms in total. The van der Waals surface area contributed by atoms with Gasteiger partial charge in [0.25, 0.3) is 0 Å². The number of aliphatic hydroxyl groups excluding tert-OH is 1. The summed E-state index contributed by atoms with van der Waals surface area (Å²) in [5.41, 5.74) is 3.14. The highest BCUT2D eigenvalue weighted by atomic mass is 16.3. The van der Waals surface area contributed by atoms with Crippen molar-refractivity contribution in [2.45, 2.75) is 25.9 Å². The second kappa shape index (κ2) is 4.94. The fourth-order valence-corrected chi connectivity index (χ4v) is 1.61. The molecule has 1 atom stereocenters. The van der Waals surface area contributed by atoms with Gasteiger partial charge >= 0.3 is 0 Å². The Hall–Kier alpha value is -1.61. The van der Waals surface area contributed by atoms with E-state index in [0.717, 1.165) is 29.8 Å². The van der Waals surface area contributed by atoms with Crippen molar-refractivity contribution in [1.29, 1.82) is 0 Å². The second-order valence-corrected chi connectivity index (χ2v) is 4.03. The number of rotatable bonds is 4. The second-order valence-electron chi connectivity index (χ2n) is 4.03. The van der Waals surface area contributed by atoms with Gasteiger partial charge in [-0.3, -0.25) is 5.10 Å². The molecule has 0 spiro atoms. The van der Waals surface area contributed by atoms with E-state index in [1.807, 2.05) is 36.4 Å². The zero-order valence-corrected chi connectivity index (χ0v) is 9.35. The number of aromatic nitrogens is 2. The lowest BCUT2D eigenvalue weighted by Crippen LogP contribution is -2.01. The highest BCUT2D eigenvalue weighted by molar-refractivity contribution is 5.58. The predicted molar refractivity (Wildman–Crippen MR) is 64.0 cm³/mol. The van der Waals surface area contributed by atoms with Gasteiger partial charge in [0.15, 0.2) is 0 Å². The van der Waals surface area contributed by atoms with E-state index in [4.69, 9.17) is 0 Å². The molecule has 3 heteroatoms. The molecule has 0 aliphatic rings. The van der Waals surface area contributed by atoms with Crippen LogP contribution in [0.3, 0.4) is 0 Å². The minimum absolute atomic E-state index is 0.261. The van der Waals surface area contributed by atoms with Crippen molar-refractivity contribution in [3.63, 3.8) is 0 Å². The van der Waals surface area contributed by atoms with Gasteiger partial charge in [-0.25, -0.2) is 0 Å². The molecule has 0 saturated heterocycles. The molecular formula is C13H16N2O. The number of nitrogens with zero attached hydrogens (tertiary/aromatic N) is 1. The molecule has 16 heavy (non-hydrogen) atoms. The molecule has 2 N–H and O–H groups in total. The SMILES string of the molecule is C[C@H](O)CCc1cc(-c2ccccc2)n[nH]1. The summed E-state index contributed by atoms with van der Waals surface area (Å²) in [6.07, 6.45) is 1.33. The summed E-state index contributed by atoms with van der Waals surface area (Å²) in [7, 11) is 0. The monoisotopic (exact) mass is 216 g/mol. The number of aryl methyl sites for hydroxylation is 1. The van der Waals surface area contributed by atoms with Gasteiger partial charge < -0.3 is 5.11 Å². The Balaban J connectivity index is 2.08. The largest absolute Gasteiger partial charge is 0.393 e. The lowest BCUT2D eigenvalue weighted by atomic mass is 10.1. The Morgan fingerprint density at radius 1 is 1.31 bits per heavy atom. The third-order valence-electron chi connectivity index (χ3n) is 2.53. The minimum Gasteiger partial charge on any atom is -0.393 e. The van der Waals surface area contributed by atoms with Gasteiger partial charge in [0.2, 0.25) is 0 Å². The van der Waals surface area contributed by atoms with E-state index in [1.54, 1.807) is 6.92 Å². The number of H-pyrrole nitrogens is 1. The van der Waals surface area contributed by atoms with Crippen LogP contribution in [-0.4, -0.2) is 21.4 Å². The normalized spacial score (nSPS) is 12.6. The van der Waals surface area contributed by atoms with Crippen LogP contribution in [0.5, 0.6) is 0 Å². The summed E-state index contributed by atoms with van der Waals surface area (Å²) in [4.78, 5) is 0. The molecule has 2 rings (SSSR count). The number of hydrogen-bond acceptors (Lipinski definition) is 2. The van der Waals surface area contributed by atoms with Crippen LogP contribution in [0.15, 0.2) is 36.4 Å². The summed E-state index contributed by atoms with van der Waals surface area (Å²) in [6.45, 7) is 1.80. The lowest BCUT2D eigenvalue weighted by Gasteiger charge is -2.00. The maximum absolute atomic E-state index is 9.20. The van der Waals surface area contributed by atoms with E-state index in [9.17, 15) is 5.11 Å². The molecule has 1 aromatic heterocycles. The Morgan fingerprint density at radius 2 is 2.06 bits per heavy atom. The number of aromatic amines is 1.